The zero-order valence-electron chi connectivity index (χ0n) is 6.58. The Bertz CT molecular complexity index is 312. The van der Waals surface area contributed by atoms with E-state index in [9.17, 15) is 4.21 Å². The second-order valence-electron chi connectivity index (χ2n) is 2.35. The molecule has 0 aliphatic heterocycles. The molecule has 0 aromatic heterocycles. The molecule has 0 saturated carbocycles. The van der Waals surface area contributed by atoms with Crippen molar-refractivity contribution < 1.29 is 8.76 Å². The summed E-state index contributed by atoms with van der Waals surface area (Å²) in [5.41, 5.74) is 0.823. The van der Waals surface area contributed by atoms with E-state index in [4.69, 9.17) is 16.2 Å². The first kappa shape index (κ1) is 9.71. The Kier molecular flexibility index (Phi) is 3.26. The van der Waals surface area contributed by atoms with Gasteiger partial charge in [0.2, 0.25) is 0 Å². The van der Waals surface area contributed by atoms with E-state index in [1.807, 2.05) is 6.92 Å². The van der Waals surface area contributed by atoms with Crippen molar-refractivity contribution in [1.29, 1.82) is 0 Å². The molecule has 0 radical (unpaired) electrons. The predicted molar refractivity (Wildman–Crippen MR) is 49.9 cm³/mol. The summed E-state index contributed by atoms with van der Waals surface area (Å²) in [6.07, 6.45) is 0.711. The van der Waals surface area contributed by atoms with Crippen LogP contribution < -0.4 is 0 Å². The van der Waals surface area contributed by atoms with E-state index >= 15 is 0 Å². The topological polar surface area (TPSA) is 37.3 Å². The molecule has 1 aromatic carbocycles. The molecule has 12 heavy (non-hydrogen) atoms. The molecule has 4 heteroatoms. The van der Waals surface area contributed by atoms with E-state index in [1.165, 1.54) is 0 Å². The van der Waals surface area contributed by atoms with Gasteiger partial charge in [0, 0.05) is 5.02 Å². The van der Waals surface area contributed by atoms with Crippen LogP contribution in [-0.4, -0.2) is 8.76 Å². The summed E-state index contributed by atoms with van der Waals surface area (Å²) in [6.45, 7) is 1.92. The first-order valence-electron chi connectivity index (χ1n) is 3.54. The SMILES string of the molecule is CCc1cc(Cl)ccc1S(=O)O. The van der Waals surface area contributed by atoms with E-state index in [1.54, 1.807) is 18.2 Å². The summed E-state index contributed by atoms with van der Waals surface area (Å²) in [7, 11) is 0. The number of aryl methyl sites for hydroxylation is 1. The van der Waals surface area contributed by atoms with Gasteiger partial charge in [-0.1, -0.05) is 18.5 Å². The highest BCUT2D eigenvalue weighted by Crippen LogP contribution is 2.18. The number of rotatable bonds is 2. The zero-order chi connectivity index (χ0) is 9.14. The first-order valence-corrected chi connectivity index (χ1v) is 5.03. The van der Waals surface area contributed by atoms with Gasteiger partial charge in [-0.2, -0.15) is 0 Å². The molecule has 0 heterocycles. The molecule has 2 nitrogen and oxygen atoms in total. The van der Waals surface area contributed by atoms with Crippen LogP contribution >= 0.6 is 11.6 Å². The van der Waals surface area contributed by atoms with Crippen molar-refractivity contribution in [3.63, 3.8) is 0 Å². The number of hydrogen-bond acceptors (Lipinski definition) is 1. The number of benzene rings is 1. The van der Waals surface area contributed by atoms with Crippen LogP contribution in [0.25, 0.3) is 0 Å². The molecule has 1 unspecified atom stereocenters. The normalized spacial score (nSPS) is 12.9. The Hall–Kier alpha value is -0.380. The highest BCUT2D eigenvalue weighted by Gasteiger charge is 2.05. The van der Waals surface area contributed by atoms with Crippen LogP contribution in [0.15, 0.2) is 23.1 Å². The van der Waals surface area contributed by atoms with Gasteiger partial charge in [-0.15, -0.1) is 0 Å². The van der Waals surface area contributed by atoms with Gasteiger partial charge in [-0.05, 0) is 30.2 Å². The molecule has 0 aliphatic carbocycles. The zero-order valence-corrected chi connectivity index (χ0v) is 8.15. The third-order valence-electron chi connectivity index (χ3n) is 1.59. The van der Waals surface area contributed by atoms with Gasteiger partial charge in [0.05, 0.1) is 4.90 Å². The second kappa shape index (κ2) is 4.03. The van der Waals surface area contributed by atoms with Crippen LogP contribution in [-0.2, 0) is 17.5 Å². The maximum absolute atomic E-state index is 10.8. The molecule has 1 atom stereocenters. The van der Waals surface area contributed by atoms with Crippen molar-refractivity contribution in [3.8, 4) is 0 Å². The van der Waals surface area contributed by atoms with Gasteiger partial charge in [-0.25, -0.2) is 4.21 Å². The van der Waals surface area contributed by atoms with Crippen molar-refractivity contribution in [2.75, 3.05) is 0 Å². The Morgan fingerprint density at radius 1 is 1.58 bits per heavy atom. The van der Waals surface area contributed by atoms with Crippen LogP contribution in [0.3, 0.4) is 0 Å². The molecule has 0 fully saturated rings. The summed E-state index contributed by atoms with van der Waals surface area (Å²) in [6, 6.07) is 4.91. The lowest BCUT2D eigenvalue weighted by molar-refractivity contribution is 0.563. The van der Waals surface area contributed by atoms with Crippen molar-refractivity contribution in [2.45, 2.75) is 18.2 Å². The molecular formula is C8H9ClO2S. The molecule has 0 aliphatic rings. The molecule has 1 N–H and O–H groups in total. The van der Waals surface area contributed by atoms with Crippen LogP contribution in [0.1, 0.15) is 12.5 Å². The standard InChI is InChI=1S/C8H9ClO2S/c1-2-6-5-7(9)3-4-8(6)12(10)11/h3-5H,2H2,1H3,(H,10,11). The lowest BCUT2D eigenvalue weighted by atomic mass is 10.2. The summed E-state index contributed by atoms with van der Waals surface area (Å²) in [4.78, 5) is 0.446. The third-order valence-corrected chi connectivity index (χ3v) is 2.60. The quantitative estimate of drug-likeness (QED) is 0.752. The van der Waals surface area contributed by atoms with Crippen LogP contribution in [0.2, 0.25) is 5.02 Å². The summed E-state index contributed by atoms with van der Waals surface area (Å²) < 4.78 is 19.6. The minimum Gasteiger partial charge on any atom is -0.302 e. The maximum Gasteiger partial charge on any atom is 0.186 e. The monoisotopic (exact) mass is 204 g/mol. The molecule has 1 rings (SSSR count). The van der Waals surface area contributed by atoms with Crippen molar-refractivity contribution >= 4 is 22.7 Å². The fraction of sp³-hybridized carbons (Fsp3) is 0.250. The average molecular weight is 205 g/mol. The van der Waals surface area contributed by atoms with Gasteiger partial charge in [-0.3, -0.25) is 0 Å². The minimum atomic E-state index is -1.91. The first-order chi connectivity index (χ1) is 5.65. The number of hydrogen-bond donors (Lipinski definition) is 1. The smallest absolute Gasteiger partial charge is 0.186 e. The Morgan fingerprint density at radius 3 is 2.75 bits per heavy atom. The molecule has 0 spiro atoms. The van der Waals surface area contributed by atoms with Crippen LogP contribution in [0.5, 0.6) is 0 Å². The third kappa shape index (κ3) is 2.06. The predicted octanol–water partition coefficient (Wildman–Crippen LogP) is 2.48. The molecular weight excluding hydrogens is 196 g/mol. The van der Waals surface area contributed by atoms with E-state index in [0.29, 0.717) is 16.3 Å². The summed E-state index contributed by atoms with van der Waals surface area (Å²) in [5, 5.41) is 0.598. The summed E-state index contributed by atoms with van der Waals surface area (Å²) in [5.74, 6) is 0. The van der Waals surface area contributed by atoms with Crippen molar-refractivity contribution in [3.05, 3.63) is 28.8 Å². The molecule has 1 aromatic rings. The molecule has 66 valence electrons. The van der Waals surface area contributed by atoms with E-state index in [2.05, 4.69) is 0 Å². The lowest BCUT2D eigenvalue weighted by Gasteiger charge is -2.02. The summed E-state index contributed by atoms with van der Waals surface area (Å²) >= 11 is 3.81. The van der Waals surface area contributed by atoms with E-state index < -0.39 is 11.1 Å². The number of halogens is 1. The van der Waals surface area contributed by atoms with E-state index in [-0.39, 0.29) is 0 Å². The van der Waals surface area contributed by atoms with Gasteiger partial charge in [0.1, 0.15) is 0 Å². The average Bonchev–Trinajstić information content (AvgIpc) is 2.03. The molecule has 0 amide bonds. The molecule has 0 bridgehead atoms. The van der Waals surface area contributed by atoms with Gasteiger partial charge in [0.25, 0.3) is 0 Å². The second-order valence-corrected chi connectivity index (χ2v) is 3.73. The molecule has 0 saturated heterocycles. The van der Waals surface area contributed by atoms with E-state index in [0.717, 1.165) is 5.56 Å². The van der Waals surface area contributed by atoms with Gasteiger partial charge >= 0.3 is 0 Å². The fourth-order valence-electron chi connectivity index (χ4n) is 0.995. The highest BCUT2D eigenvalue weighted by atomic mass is 35.5. The van der Waals surface area contributed by atoms with Gasteiger partial charge in [0.15, 0.2) is 11.1 Å². The van der Waals surface area contributed by atoms with Gasteiger partial charge < -0.3 is 4.55 Å². The Morgan fingerprint density at radius 2 is 2.25 bits per heavy atom. The largest absolute Gasteiger partial charge is 0.302 e. The Labute approximate surface area is 78.8 Å². The lowest BCUT2D eigenvalue weighted by Crippen LogP contribution is -1.94. The Balaban J connectivity index is 3.20. The van der Waals surface area contributed by atoms with Crippen LogP contribution in [0, 0.1) is 0 Å². The minimum absolute atomic E-state index is 0.446. The maximum atomic E-state index is 10.8. The van der Waals surface area contributed by atoms with Crippen molar-refractivity contribution in [2.24, 2.45) is 0 Å². The van der Waals surface area contributed by atoms with Crippen LogP contribution in [0.4, 0.5) is 0 Å². The fourth-order valence-corrected chi connectivity index (χ4v) is 1.80. The highest BCUT2D eigenvalue weighted by molar-refractivity contribution is 7.79. The van der Waals surface area contributed by atoms with Crippen molar-refractivity contribution in [1.82, 2.24) is 0 Å².